The summed E-state index contributed by atoms with van der Waals surface area (Å²) in [4.78, 5) is 18.5. The predicted octanol–water partition coefficient (Wildman–Crippen LogP) is 2.16. The van der Waals surface area contributed by atoms with Crippen LogP contribution in [0.4, 0.5) is 11.5 Å². The Bertz CT molecular complexity index is 670. The number of piperazine rings is 1. The predicted molar refractivity (Wildman–Crippen MR) is 94.9 cm³/mol. The Morgan fingerprint density at radius 1 is 1.21 bits per heavy atom. The van der Waals surface area contributed by atoms with E-state index in [-0.39, 0.29) is 12.5 Å². The average Bonchev–Trinajstić information content (AvgIpc) is 2.63. The number of hydrogen-bond acceptors (Lipinski definition) is 5. The van der Waals surface area contributed by atoms with Crippen molar-refractivity contribution in [3.63, 3.8) is 0 Å². The minimum atomic E-state index is -0.257. The minimum Gasteiger partial charge on any atom is -0.484 e. The number of halogens is 1. The molecule has 1 aromatic carbocycles. The number of nitrogens with one attached hydrogen (secondary N) is 2. The Labute approximate surface area is 145 Å². The van der Waals surface area contributed by atoms with E-state index in [9.17, 15) is 4.79 Å². The van der Waals surface area contributed by atoms with Gasteiger partial charge in [0.1, 0.15) is 11.6 Å². The molecule has 0 saturated carbocycles. The maximum atomic E-state index is 11.9. The van der Waals surface area contributed by atoms with E-state index in [1.165, 1.54) is 0 Å². The van der Waals surface area contributed by atoms with Crippen LogP contribution in [0.25, 0.3) is 0 Å². The normalized spacial score (nSPS) is 14.3. The second kappa shape index (κ2) is 7.99. The fraction of sp³-hybridized carbons (Fsp3) is 0.294. The van der Waals surface area contributed by atoms with E-state index in [4.69, 9.17) is 16.3 Å². The smallest absolute Gasteiger partial charge is 0.263 e. The molecule has 0 unspecified atom stereocenters. The van der Waals surface area contributed by atoms with E-state index in [0.29, 0.717) is 16.6 Å². The molecule has 0 bridgehead atoms. The summed E-state index contributed by atoms with van der Waals surface area (Å²) in [6.07, 6.45) is 1.78. The number of carbonyl (C=O) groups is 1. The Hall–Kier alpha value is -2.31. The molecule has 0 atom stereocenters. The van der Waals surface area contributed by atoms with Gasteiger partial charge in [-0.1, -0.05) is 11.6 Å². The van der Waals surface area contributed by atoms with Crippen molar-refractivity contribution >= 4 is 29.0 Å². The van der Waals surface area contributed by atoms with Gasteiger partial charge in [-0.2, -0.15) is 0 Å². The highest BCUT2D eigenvalue weighted by Crippen LogP contribution is 2.17. The molecule has 1 amide bonds. The fourth-order valence-electron chi connectivity index (χ4n) is 2.43. The molecular weight excluding hydrogens is 328 g/mol. The first-order chi connectivity index (χ1) is 11.7. The standard InChI is InChI=1S/C17H19ClN4O2/c18-13-1-4-15(5-2-13)24-12-17(23)21-16-6-3-14(11-20-16)22-9-7-19-8-10-22/h1-6,11,19H,7-10,12H2,(H,20,21,23). The molecule has 1 fully saturated rings. The van der Waals surface area contributed by atoms with Gasteiger partial charge in [0.25, 0.3) is 5.91 Å². The summed E-state index contributed by atoms with van der Waals surface area (Å²) in [7, 11) is 0. The highest BCUT2D eigenvalue weighted by atomic mass is 35.5. The lowest BCUT2D eigenvalue weighted by Crippen LogP contribution is -2.43. The molecule has 0 aliphatic carbocycles. The zero-order chi connectivity index (χ0) is 16.8. The van der Waals surface area contributed by atoms with Gasteiger partial charge in [0, 0.05) is 31.2 Å². The van der Waals surface area contributed by atoms with Gasteiger partial charge in [-0.25, -0.2) is 4.98 Å². The number of nitrogens with zero attached hydrogens (tertiary/aromatic N) is 2. The van der Waals surface area contributed by atoms with Gasteiger partial charge in [0.2, 0.25) is 0 Å². The number of ether oxygens (including phenoxy) is 1. The lowest BCUT2D eigenvalue weighted by molar-refractivity contribution is -0.118. The maximum Gasteiger partial charge on any atom is 0.263 e. The minimum absolute atomic E-state index is 0.0805. The van der Waals surface area contributed by atoms with Gasteiger partial charge >= 0.3 is 0 Å². The van der Waals surface area contributed by atoms with Crippen molar-refractivity contribution in [2.24, 2.45) is 0 Å². The van der Waals surface area contributed by atoms with Crippen LogP contribution in [0.3, 0.4) is 0 Å². The monoisotopic (exact) mass is 346 g/mol. The molecule has 7 heteroatoms. The quantitative estimate of drug-likeness (QED) is 0.868. The van der Waals surface area contributed by atoms with Crippen molar-refractivity contribution < 1.29 is 9.53 Å². The number of rotatable bonds is 5. The van der Waals surface area contributed by atoms with Crippen LogP contribution in [0.5, 0.6) is 5.75 Å². The van der Waals surface area contributed by atoms with Crippen molar-refractivity contribution in [1.29, 1.82) is 0 Å². The maximum absolute atomic E-state index is 11.9. The van der Waals surface area contributed by atoms with Crippen molar-refractivity contribution in [2.45, 2.75) is 0 Å². The first kappa shape index (κ1) is 16.5. The van der Waals surface area contributed by atoms with E-state index in [1.807, 2.05) is 6.07 Å². The first-order valence-corrected chi connectivity index (χ1v) is 8.18. The summed E-state index contributed by atoms with van der Waals surface area (Å²) in [6.45, 7) is 3.79. The lowest BCUT2D eigenvalue weighted by Gasteiger charge is -2.29. The van der Waals surface area contributed by atoms with Gasteiger partial charge in [-0.15, -0.1) is 0 Å². The second-order valence-electron chi connectivity index (χ2n) is 5.43. The molecule has 2 heterocycles. The van der Waals surface area contributed by atoms with E-state index in [1.54, 1.807) is 36.5 Å². The number of amides is 1. The molecule has 2 aromatic rings. The molecule has 3 rings (SSSR count). The molecule has 1 aromatic heterocycles. The highest BCUT2D eigenvalue weighted by Gasteiger charge is 2.11. The molecule has 1 aliphatic rings. The molecule has 6 nitrogen and oxygen atoms in total. The van der Waals surface area contributed by atoms with Crippen molar-refractivity contribution in [3.8, 4) is 5.75 Å². The third kappa shape index (κ3) is 4.59. The summed E-state index contributed by atoms with van der Waals surface area (Å²) in [5.41, 5.74) is 1.06. The summed E-state index contributed by atoms with van der Waals surface area (Å²) in [5.74, 6) is 0.850. The highest BCUT2D eigenvalue weighted by molar-refractivity contribution is 6.30. The Morgan fingerprint density at radius 2 is 1.96 bits per heavy atom. The fourth-order valence-corrected chi connectivity index (χ4v) is 2.55. The molecule has 126 valence electrons. The number of pyridine rings is 1. The van der Waals surface area contributed by atoms with E-state index in [2.05, 4.69) is 20.5 Å². The van der Waals surface area contributed by atoms with E-state index >= 15 is 0 Å². The van der Waals surface area contributed by atoms with Gasteiger partial charge in [-0.3, -0.25) is 4.79 Å². The van der Waals surface area contributed by atoms with Crippen LogP contribution < -0.4 is 20.3 Å². The molecule has 0 radical (unpaired) electrons. The number of carbonyl (C=O) groups excluding carboxylic acids is 1. The molecule has 0 spiro atoms. The van der Waals surface area contributed by atoms with Crippen molar-refractivity contribution in [2.75, 3.05) is 43.0 Å². The number of aromatic nitrogens is 1. The van der Waals surface area contributed by atoms with E-state index < -0.39 is 0 Å². The summed E-state index contributed by atoms with van der Waals surface area (Å²) < 4.78 is 5.40. The van der Waals surface area contributed by atoms with Crippen LogP contribution in [0.2, 0.25) is 5.02 Å². The summed E-state index contributed by atoms with van der Waals surface area (Å²) >= 11 is 5.80. The lowest BCUT2D eigenvalue weighted by atomic mass is 10.3. The average molecular weight is 347 g/mol. The van der Waals surface area contributed by atoms with Gasteiger partial charge < -0.3 is 20.3 Å². The zero-order valence-electron chi connectivity index (χ0n) is 13.2. The third-order valence-electron chi connectivity index (χ3n) is 3.68. The van der Waals surface area contributed by atoms with Crippen LogP contribution in [0, 0.1) is 0 Å². The second-order valence-corrected chi connectivity index (χ2v) is 5.87. The summed E-state index contributed by atoms with van der Waals surface area (Å²) in [5, 5.41) is 6.66. The van der Waals surface area contributed by atoms with E-state index in [0.717, 1.165) is 31.9 Å². The Morgan fingerprint density at radius 3 is 2.62 bits per heavy atom. The zero-order valence-corrected chi connectivity index (χ0v) is 13.9. The number of hydrogen-bond donors (Lipinski definition) is 2. The van der Waals surface area contributed by atoms with Crippen LogP contribution in [-0.4, -0.2) is 43.7 Å². The van der Waals surface area contributed by atoms with Crippen molar-refractivity contribution in [3.05, 3.63) is 47.6 Å². The molecular formula is C17H19ClN4O2. The molecule has 24 heavy (non-hydrogen) atoms. The van der Waals surface area contributed by atoms with Crippen LogP contribution in [0.1, 0.15) is 0 Å². The topological polar surface area (TPSA) is 66.5 Å². The van der Waals surface area contributed by atoms with Gasteiger partial charge in [0.15, 0.2) is 6.61 Å². The number of benzene rings is 1. The van der Waals surface area contributed by atoms with Crippen molar-refractivity contribution in [1.82, 2.24) is 10.3 Å². The summed E-state index contributed by atoms with van der Waals surface area (Å²) in [6, 6.07) is 10.6. The van der Waals surface area contributed by atoms with Crippen LogP contribution in [0.15, 0.2) is 42.6 Å². The van der Waals surface area contributed by atoms with Gasteiger partial charge in [0.05, 0.1) is 11.9 Å². The van der Waals surface area contributed by atoms with Gasteiger partial charge in [-0.05, 0) is 36.4 Å². The van der Waals surface area contributed by atoms with Crippen LogP contribution >= 0.6 is 11.6 Å². The SMILES string of the molecule is O=C(COc1ccc(Cl)cc1)Nc1ccc(N2CCNCC2)cn1. The molecule has 2 N–H and O–H groups in total. The Kier molecular flexibility index (Phi) is 5.51. The first-order valence-electron chi connectivity index (χ1n) is 7.81. The third-order valence-corrected chi connectivity index (χ3v) is 3.93. The van der Waals surface area contributed by atoms with Crippen LogP contribution in [-0.2, 0) is 4.79 Å². The molecule has 1 aliphatic heterocycles. The molecule has 1 saturated heterocycles. The largest absolute Gasteiger partial charge is 0.484 e. The number of anilines is 2. The Balaban J connectivity index is 1.49.